The number of nitriles is 1. The molecule has 0 radical (unpaired) electrons. The molecule has 2 heterocycles. The van der Waals surface area contributed by atoms with Crippen molar-refractivity contribution in [2.24, 2.45) is 0 Å². The Kier molecular flexibility index (Phi) is 8.70. The molecule has 0 bridgehead atoms. The predicted octanol–water partition coefficient (Wildman–Crippen LogP) is 4.95. The van der Waals surface area contributed by atoms with E-state index in [0.29, 0.717) is 6.61 Å². The smallest absolute Gasteiger partial charge is 0.370 e. The van der Waals surface area contributed by atoms with Crippen LogP contribution in [0.2, 0.25) is 0 Å². The minimum Gasteiger partial charge on any atom is -0.370 e. The molecule has 0 fully saturated rings. The molecule has 5 nitrogen and oxygen atoms in total. The highest BCUT2D eigenvalue weighted by Gasteiger charge is 2.32. The summed E-state index contributed by atoms with van der Waals surface area (Å²) in [5.41, 5.74) is 3.93. The van der Waals surface area contributed by atoms with Crippen LogP contribution in [0, 0.1) is 11.3 Å². The number of anilines is 1. The van der Waals surface area contributed by atoms with Crippen molar-refractivity contribution in [1.82, 2.24) is 4.98 Å². The summed E-state index contributed by atoms with van der Waals surface area (Å²) in [6, 6.07) is 12.8. The first kappa shape index (κ1) is 25.7. The number of nitrogens with zero attached hydrogens (tertiary/aromatic N) is 3. The standard InChI is InChI=1S/C21H25N3OS.C2HF3O/c1-21(2)12-16-17(13-22)20(23-19(24(3)4)18(16)14-25-21)26-11-10-15-8-6-5-7-9-15;3-2(4,5)1-6/h5-9H,10-12,14H2,1-4H3;1H. The summed E-state index contributed by atoms with van der Waals surface area (Å²) in [5, 5.41) is 10.7. The Balaban J connectivity index is 0.000000534. The number of rotatable bonds is 5. The largest absolute Gasteiger partial charge is 0.446 e. The van der Waals surface area contributed by atoms with Crippen LogP contribution in [0.15, 0.2) is 35.4 Å². The fourth-order valence-corrected chi connectivity index (χ4v) is 4.22. The zero-order valence-electron chi connectivity index (χ0n) is 18.5. The molecule has 0 saturated heterocycles. The molecule has 1 aromatic heterocycles. The number of thioether (sulfide) groups is 1. The van der Waals surface area contributed by atoms with E-state index in [1.54, 1.807) is 11.8 Å². The molecular formula is C23H26F3N3O2S. The second kappa shape index (κ2) is 10.8. The van der Waals surface area contributed by atoms with E-state index >= 15 is 0 Å². The quantitative estimate of drug-likeness (QED) is 0.460. The minimum atomic E-state index is -4.64. The van der Waals surface area contributed by atoms with Gasteiger partial charge in [0.05, 0.1) is 17.8 Å². The molecule has 0 spiro atoms. The van der Waals surface area contributed by atoms with Gasteiger partial charge in [0.15, 0.2) is 0 Å². The summed E-state index contributed by atoms with van der Waals surface area (Å²) in [7, 11) is 3.99. The Bertz CT molecular complexity index is 971. The normalized spacial score (nSPS) is 14.4. The predicted molar refractivity (Wildman–Crippen MR) is 119 cm³/mol. The molecule has 0 atom stereocenters. The van der Waals surface area contributed by atoms with Crippen molar-refractivity contribution >= 4 is 23.9 Å². The van der Waals surface area contributed by atoms with E-state index in [1.807, 2.05) is 25.1 Å². The number of alkyl halides is 3. The van der Waals surface area contributed by atoms with E-state index in [1.165, 1.54) is 5.56 Å². The van der Waals surface area contributed by atoms with E-state index in [9.17, 15) is 18.4 Å². The van der Waals surface area contributed by atoms with Crippen LogP contribution in [0.1, 0.15) is 36.1 Å². The average Bonchev–Trinajstić information content (AvgIpc) is 2.73. The van der Waals surface area contributed by atoms with Crippen LogP contribution >= 0.6 is 11.8 Å². The number of ether oxygens (including phenoxy) is 1. The molecule has 0 aliphatic carbocycles. The van der Waals surface area contributed by atoms with Gasteiger partial charge in [0.25, 0.3) is 0 Å². The number of halogens is 3. The number of pyridine rings is 1. The molecule has 1 aliphatic heterocycles. The molecule has 32 heavy (non-hydrogen) atoms. The first-order chi connectivity index (χ1) is 15.0. The Morgan fingerprint density at radius 1 is 1.25 bits per heavy atom. The van der Waals surface area contributed by atoms with Gasteiger partial charge in [0, 0.05) is 31.8 Å². The van der Waals surface area contributed by atoms with Crippen molar-refractivity contribution in [2.45, 2.75) is 50.1 Å². The lowest BCUT2D eigenvalue weighted by Crippen LogP contribution is -2.34. The number of aldehydes is 1. The first-order valence-electron chi connectivity index (χ1n) is 9.94. The number of carbonyl (C=O) groups excluding carboxylic acids is 1. The van der Waals surface area contributed by atoms with Gasteiger partial charge in [-0.1, -0.05) is 30.3 Å². The minimum absolute atomic E-state index is 0.254. The first-order valence-corrected chi connectivity index (χ1v) is 10.9. The lowest BCUT2D eigenvalue weighted by molar-refractivity contribution is -0.156. The summed E-state index contributed by atoms with van der Waals surface area (Å²) < 4.78 is 37.2. The average molecular weight is 466 g/mol. The summed E-state index contributed by atoms with van der Waals surface area (Å²) in [4.78, 5) is 15.5. The molecule has 1 aromatic carbocycles. The van der Waals surface area contributed by atoms with E-state index < -0.39 is 12.5 Å². The fourth-order valence-electron chi connectivity index (χ4n) is 3.23. The van der Waals surface area contributed by atoms with Gasteiger partial charge in [-0.3, -0.25) is 4.79 Å². The van der Waals surface area contributed by atoms with Gasteiger partial charge >= 0.3 is 6.18 Å². The number of carbonyl (C=O) groups is 1. The van der Waals surface area contributed by atoms with E-state index in [0.717, 1.165) is 46.1 Å². The van der Waals surface area contributed by atoms with Gasteiger partial charge in [0.2, 0.25) is 6.29 Å². The molecule has 2 aromatic rings. The number of aromatic nitrogens is 1. The molecule has 9 heteroatoms. The summed E-state index contributed by atoms with van der Waals surface area (Å²) in [6.07, 6.45) is -4.01. The molecule has 0 saturated carbocycles. The Morgan fingerprint density at radius 3 is 2.41 bits per heavy atom. The zero-order valence-corrected chi connectivity index (χ0v) is 19.3. The Hall–Kier alpha value is -2.57. The van der Waals surface area contributed by atoms with Crippen LogP contribution < -0.4 is 4.90 Å². The van der Waals surface area contributed by atoms with Crippen molar-refractivity contribution in [3.63, 3.8) is 0 Å². The second-order valence-electron chi connectivity index (χ2n) is 8.05. The molecule has 0 amide bonds. The summed E-state index contributed by atoms with van der Waals surface area (Å²) in [5.74, 6) is 1.81. The van der Waals surface area contributed by atoms with Crippen LogP contribution in [0.5, 0.6) is 0 Å². The lowest BCUT2D eigenvalue weighted by Gasteiger charge is -2.34. The molecular weight excluding hydrogens is 439 g/mol. The SMILES string of the molecule is CN(C)c1nc(SCCc2ccccc2)c(C#N)c2c1COC(C)(C)C2.O=CC(F)(F)F. The summed E-state index contributed by atoms with van der Waals surface area (Å²) >= 11 is 1.67. The maximum atomic E-state index is 10.4. The van der Waals surface area contributed by atoms with Crippen LogP contribution in [0.4, 0.5) is 19.0 Å². The number of fused-ring (bicyclic) bond motifs is 1. The van der Waals surface area contributed by atoms with E-state index in [2.05, 4.69) is 44.2 Å². The van der Waals surface area contributed by atoms with Crippen molar-refractivity contribution in [3.05, 3.63) is 52.6 Å². The highest BCUT2D eigenvalue weighted by atomic mass is 32.2. The van der Waals surface area contributed by atoms with Gasteiger partial charge in [-0.25, -0.2) is 4.98 Å². The third-order valence-electron chi connectivity index (χ3n) is 4.71. The van der Waals surface area contributed by atoms with E-state index in [-0.39, 0.29) is 5.60 Å². The third kappa shape index (κ3) is 7.24. The monoisotopic (exact) mass is 465 g/mol. The van der Waals surface area contributed by atoms with Crippen LogP contribution in [0.25, 0.3) is 0 Å². The Morgan fingerprint density at radius 2 is 1.88 bits per heavy atom. The third-order valence-corrected chi connectivity index (χ3v) is 5.69. The van der Waals surface area contributed by atoms with Crippen molar-refractivity contribution < 1.29 is 22.7 Å². The molecule has 3 rings (SSSR count). The topological polar surface area (TPSA) is 66.2 Å². The molecule has 0 unspecified atom stereocenters. The van der Waals surface area contributed by atoms with Gasteiger partial charge < -0.3 is 9.64 Å². The van der Waals surface area contributed by atoms with Crippen LogP contribution in [-0.2, 0) is 29.0 Å². The van der Waals surface area contributed by atoms with Gasteiger partial charge in [0.1, 0.15) is 16.9 Å². The second-order valence-corrected chi connectivity index (χ2v) is 9.13. The van der Waals surface area contributed by atoms with Crippen molar-refractivity contribution in [3.8, 4) is 6.07 Å². The van der Waals surface area contributed by atoms with Crippen LogP contribution in [0.3, 0.4) is 0 Å². The maximum Gasteiger partial charge on any atom is 0.446 e. The molecule has 0 N–H and O–H groups in total. The zero-order chi connectivity index (χ0) is 23.9. The van der Waals surface area contributed by atoms with Crippen molar-refractivity contribution in [2.75, 3.05) is 24.7 Å². The van der Waals surface area contributed by atoms with Gasteiger partial charge in [-0.05, 0) is 31.4 Å². The van der Waals surface area contributed by atoms with E-state index in [4.69, 9.17) is 14.5 Å². The van der Waals surface area contributed by atoms with Crippen molar-refractivity contribution in [1.29, 1.82) is 5.26 Å². The highest BCUT2D eigenvalue weighted by Crippen LogP contribution is 2.38. The van der Waals surface area contributed by atoms with Gasteiger partial charge in [-0.15, -0.1) is 11.8 Å². The number of hydrogen-bond donors (Lipinski definition) is 0. The van der Waals surface area contributed by atoms with Gasteiger partial charge in [-0.2, -0.15) is 18.4 Å². The number of aryl methyl sites for hydroxylation is 1. The molecule has 172 valence electrons. The maximum absolute atomic E-state index is 10.4. The summed E-state index contributed by atoms with van der Waals surface area (Å²) in [6.45, 7) is 4.66. The fraction of sp³-hybridized carbons (Fsp3) is 0.435. The number of hydrogen-bond acceptors (Lipinski definition) is 6. The van der Waals surface area contributed by atoms with Crippen LogP contribution in [-0.4, -0.2) is 42.9 Å². The number of benzene rings is 1. The lowest BCUT2D eigenvalue weighted by atomic mass is 9.89. The highest BCUT2D eigenvalue weighted by molar-refractivity contribution is 7.99. The molecule has 1 aliphatic rings. The Labute approximate surface area is 190 Å².